The van der Waals surface area contributed by atoms with Crippen LogP contribution in [0.1, 0.15) is 31.2 Å². The number of aliphatic carboxylic acids is 2. The van der Waals surface area contributed by atoms with Crippen LogP contribution in [0, 0.1) is 0 Å². The van der Waals surface area contributed by atoms with E-state index in [9.17, 15) is 24.0 Å². The molecule has 3 aromatic rings. The van der Waals surface area contributed by atoms with Gasteiger partial charge < -0.3 is 26.6 Å². The number of carbonyl (C=O) groups is 5. The summed E-state index contributed by atoms with van der Waals surface area (Å²) in [5.74, 6) is -4.97. The summed E-state index contributed by atoms with van der Waals surface area (Å²) in [6.07, 6.45) is -1.000. The van der Waals surface area contributed by atoms with Gasteiger partial charge in [-0.15, -0.1) is 11.3 Å². The number of hydrogen-bond donors (Lipinski definition) is 5. The van der Waals surface area contributed by atoms with Crippen LogP contribution in [0.15, 0.2) is 66.0 Å². The number of aryl methyl sites for hydroxylation is 1. The molecule has 1 aromatic heterocycles. The summed E-state index contributed by atoms with van der Waals surface area (Å²) in [5.41, 5.74) is 9.38. The predicted molar refractivity (Wildman–Crippen MR) is 146 cm³/mol. The molecular formula is C28H29N3O7S. The second-order valence-electron chi connectivity index (χ2n) is 8.88. The fourth-order valence-corrected chi connectivity index (χ4v) is 4.76. The van der Waals surface area contributed by atoms with Crippen LogP contribution in [-0.4, -0.2) is 52.0 Å². The molecule has 3 rings (SSSR count). The molecule has 0 spiro atoms. The zero-order chi connectivity index (χ0) is 28.4. The minimum absolute atomic E-state index is 0.0295. The van der Waals surface area contributed by atoms with E-state index in [-0.39, 0.29) is 12.8 Å². The summed E-state index contributed by atoms with van der Waals surface area (Å²) in [5, 5.41) is 24.7. The highest BCUT2D eigenvalue weighted by molar-refractivity contribution is 7.14. The van der Waals surface area contributed by atoms with Crippen molar-refractivity contribution in [2.45, 2.75) is 44.2 Å². The Bertz CT molecular complexity index is 1320. The maximum absolute atomic E-state index is 12.6. The maximum Gasteiger partial charge on any atom is 0.305 e. The van der Waals surface area contributed by atoms with E-state index >= 15 is 0 Å². The Labute approximate surface area is 228 Å². The molecule has 0 saturated carbocycles. The summed E-state index contributed by atoms with van der Waals surface area (Å²) in [6.45, 7) is 0. The molecule has 10 nitrogen and oxygen atoms in total. The molecule has 0 aliphatic carbocycles. The second kappa shape index (κ2) is 13.9. The maximum atomic E-state index is 12.6. The molecule has 2 atom stereocenters. The highest BCUT2D eigenvalue weighted by Crippen LogP contribution is 2.32. The predicted octanol–water partition coefficient (Wildman–Crippen LogP) is 2.81. The number of carboxylic acids is 2. The van der Waals surface area contributed by atoms with Crippen LogP contribution in [0.25, 0.3) is 21.6 Å². The Morgan fingerprint density at radius 3 is 2.10 bits per heavy atom. The van der Waals surface area contributed by atoms with E-state index in [0.717, 1.165) is 27.1 Å². The van der Waals surface area contributed by atoms with Crippen molar-refractivity contribution in [2.24, 2.45) is 5.73 Å². The van der Waals surface area contributed by atoms with E-state index in [1.165, 1.54) is 0 Å². The van der Waals surface area contributed by atoms with E-state index in [1.54, 1.807) is 11.3 Å². The number of nitrogens with one attached hydrogen (secondary N) is 2. The molecule has 0 radical (unpaired) electrons. The lowest BCUT2D eigenvalue weighted by Crippen LogP contribution is -2.53. The van der Waals surface area contributed by atoms with Gasteiger partial charge in [-0.25, -0.2) is 0 Å². The molecule has 39 heavy (non-hydrogen) atoms. The molecule has 11 heteroatoms. The first-order chi connectivity index (χ1) is 18.6. The van der Waals surface area contributed by atoms with Crippen LogP contribution in [0.3, 0.4) is 0 Å². The van der Waals surface area contributed by atoms with E-state index in [4.69, 9.17) is 15.9 Å². The van der Waals surface area contributed by atoms with Crippen molar-refractivity contribution in [3.05, 3.63) is 71.6 Å². The van der Waals surface area contributed by atoms with E-state index in [0.29, 0.717) is 6.42 Å². The van der Waals surface area contributed by atoms with Gasteiger partial charge in [0.05, 0.1) is 6.42 Å². The number of nitrogens with two attached hydrogens (primary N) is 1. The van der Waals surface area contributed by atoms with Gasteiger partial charge in [0.15, 0.2) is 0 Å². The first-order valence-electron chi connectivity index (χ1n) is 12.2. The second-order valence-corrected chi connectivity index (χ2v) is 9.79. The highest BCUT2D eigenvalue weighted by Gasteiger charge is 2.27. The van der Waals surface area contributed by atoms with Crippen LogP contribution in [0.2, 0.25) is 0 Å². The Morgan fingerprint density at radius 2 is 1.49 bits per heavy atom. The molecule has 3 amide bonds. The molecule has 204 valence electrons. The quantitative estimate of drug-likeness (QED) is 0.205. The molecule has 0 aliphatic rings. The first-order valence-corrected chi connectivity index (χ1v) is 13.1. The van der Waals surface area contributed by atoms with E-state index < -0.39 is 54.6 Å². The standard InChI is InChI=1S/C28H29N3O7S/c29-27(37)22(15-26(35)36)31-28(38)21(11-13-25(33)34)30-24(32)12-8-17-6-9-19(10-7-17)23-14-20(16-39-23)18-4-2-1-3-5-18/h1-7,9-10,14,16,21-22H,8,11-13,15H2,(H2,29,37)(H,30,32)(H,31,38)(H,33,34)(H,35,36). The Kier molecular flexibility index (Phi) is 10.3. The third kappa shape index (κ3) is 9.08. The number of benzene rings is 2. The van der Waals surface area contributed by atoms with Crippen molar-refractivity contribution in [1.82, 2.24) is 10.6 Å². The van der Waals surface area contributed by atoms with Gasteiger partial charge in [-0.3, -0.25) is 24.0 Å². The zero-order valence-corrected chi connectivity index (χ0v) is 21.8. The van der Waals surface area contributed by atoms with Crippen molar-refractivity contribution >= 4 is 41.0 Å². The largest absolute Gasteiger partial charge is 0.481 e. The van der Waals surface area contributed by atoms with Crippen LogP contribution < -0.4 is 16.4 Å². The van der Waals surface area contributed by atoms with Crippen molar-refractivity contribution in [1.29, 1.82) is 0 Å². The lowest BCUT2D eigenvalue weighted by atomic mass is 10.0. The van der Waals surface area contributed by atoms with Crippen LogP contribution in [0.5, 0.6) is 0 Å². The third-order valence-electron chi connectivity index (χ3n) is 5.92. The normalized spacial score (nSPS) is 12.2. The van der Waals surface area contributed by atoms with Gasteiger partial charge in [0.2, 0.25) is 17.7 Å². The number of thiophene rings is 1. The van der Waals surface area contributed by atoms with E-state index in [2.05, 4.69) is 34.2 Å². The minimum atomic E-state index is -1.50. The molecule has 1 heterocycles. The van der Waals surface area contributed by atoms with Gasteiger partial charge >= 0.3 is 11.9 Å². The number of hydrogen-bond acceptors (Lipinski definition) is 6. The van der Waals surface area contributed by atoms with Gasteiger partial charge in [0, 0.05) is 17.7 Å². The summed E-state index contributed by atoms with van der Waals surface area (Å²) in [4.78, 5) is 59.7. The number of amides is 3. The van der Waals surface area contributed by atoms with Gasteiger partial charge in [-0.2, -0.15) is 0 Å². The fraction of sp³-hybridized carbons (Fsp3) is 0.250. The average molecular weight is 552 g/mol. The molecular weight excluding hydrogens is 522 g/mol. The average Bonchev–Trinajstić information content (AvgIpc) is 3.40. The van der Waals surface area contributed by atoms with Crippen LogP contribution in [-0.2, 0) is 30.4 Å². The summed E-state index contributed by atoms with van der Waals surface area (Å²) < 4.78 is 0. The Balaban J connectivity index is 1.58. The number of carboxylic acid groups (broad SMARTS) is 2. The Morgan fingerprint density at radius 1 is 0.795 bits per heavy atom. The van der Waals surface area contributed by atoms with Crippen molar-refractivity contribution in [2.75, 3.05) is 0 Å². The molecule has 0 fully saturated rings. The Hall–Kier alpha value is -4.51. The lowest BCUT2D eigenvalue weighted by Gasteiger charge is -2.21. The minimum Gasteiger partial charge on any atom is -0.481 e. The van der Waals surface area contributed by atoms with Gasteiger partial charge in [0.1, 0.15) is 12.1 Å². The number of carbonyl (C=O) groups excluding carboxylic acids is 3. The lowest BCUT2D eigenvalue weighted by molar-refractivity contribution is -0.140. The summed E-state index contributed by atoms with van der Waals surface area (Å²) >= 11 is 1.64. The van der Waals surface area contributed by atoms with Crippen molar-refractivity contribution in [3.8, 4) is 21.6 Å². The van der Waals surface area contributed by atoms with Crippen molar-refractivity contribution < 1.29 is 34.2 Å². The highest BCUT2D eigenvalue weighted by atomic mass is 32.1. The third-order valence-corrected chi connectivity index (χ3v) is 6.90. The first kappa shape index (κ1) is 29.1. The molecule has 0 saturated heterocycles. The molecule has 0 aliphatic heterocycles. The topological polar surface area (TPSA) is 176 Å². The molecule has 6 N–H and O–H groups in total. The van der Waals surface area contributed by atoms with Gasteiger partial charge in [0.25, 0.3) is 0 Å². The molecule has 2 unspecified atom stereocenters. The van der Waals surface area contributed by atoms with Gasteiger partial charge in [-0.1, -0.05) is 54.6 Å². The fourth-order valence-electron chi connectivity index (χ4n) is 3.84. The summed E-state index contributed by atoms with van der Waals surface area (Å²) in [7, 11) is 0. The van der Waals surface area contributed by atoms with Crippen molar-refractivity contribution in [3.63, 3.8) is 0 Å². The number of primary amides is 1. The number of rotatable bonds is 14. The summed E-state index contributed by atoms with van der Waals surface area (Å²) in [6, 6.07) is 17.2. The van der Waals surface area contributed by atoms with Crippen LogP contribution in [0.4, 0.5) is 0 Å². The van der Waals surface area contributed by atoms with Gasteiger partial charge in [-0.05, 0) is 46.5 Å². The SMILES string of the molecule is NC(=O)C(CC(=O)O)NC(=O)C(CCC(=O)O)NC(=O)CCc1ccc(-c2cc(-c3ccccc3)cs2)cc1. The van der Waals surface area contributed by atoms with E-state index in [1.807, 2.05) is 42.5 Å². The molecule has 2 aromatic carbocycles. The van der Waals surface area contributed by atoms with Crippen LogP contribution >= 0.6 is 11.3 Å². The monoisotopic (exact) mass is 551 g/mol. The zero-order valence-electron chi connectivity index (χ0n) is 21.0. The smallest absolute Gasteiger partial charge is 0.305 e. The molecule has 0 bridgehead atoms.